The van der Waals surface area contributed by atoms with Crippen LogP contribution in [0.2, 0.25) is 0 Å². The van der Waals surface area contributed by atoms with E-state index in [1.54, 1.807) is 0 Å². The highest BCUT2D eigenvalue weighted by Gasteiger charge is 2.33. The summed E-state index contributed by atoms with van der Waals surface area (Å²) in [6, 6.07) is 0. The first kappa shape index (κ1) is 15.8. The third-order valence-corrected chi connectivity index (χ3v) is 1.46. The summed E-state index contributed by atoms with van der Waals surface area (Å²) in [5.41, 5.74) is 0. The van der Waals surface area contributed by atoms with E-state index in [1.807, 2.05) is 0 Å². The van der Waals surface area contributed by atoms with Gasteiger partial charge in [-0.2, -0.15) is 0 Å². The first-order valence-corrected chi connectivity index (χ1v) is 4.38. The van der Waals surface area contributed by atoms with Crippen molar-refractivity contribution >= 4 is 23.9 Å². The average Bonchev–Trinajstić information content (AvgIpc) is 2.30. The van der Waals surface area contributed by atoms with Crippen LogP contribution in [0.15, 0.2) is 0 Å². The Morgan fingerprint density at radius 1 is 0.778 bits per heavy atom. The Morgan fingerprint density at radius 2 is 1.06 bits per heavy atom. The minimum absolute atomic E-state index is 1.06. The van der Waals surface area contributed by atoms with Gasteiger partial charge in [0.15, 0.2) is 25.4 Å². The van der Waals surface area contributed by atoms with Gasteiger partial charge >= 0.3 is 23.9 Å². The number of hydrogen-bond acceptors (Lipinski definition) is 8. The fraction of sp³-hybridized carbons (Fsp3) is 0.500. The molecule has 0 radical (unpaired) electrons. The second-order valence-corrected chi connectivity index (χ2v) is 2.89. The normalized spacial score (nSPS) is 13.2. The maximum Gasteiger partial charge on any atom is 0.341 e. The first-order valence-electron chi connectivity index (χ1n) is 4.38. The summed E-state index contributed by atoms with van der Waals surface area (Å²) >= 11 is 0. The molecule has 10 heteroatoms. The number of carbonyl (C=O) groups excluding carboxylic acids is 2. The summed E-state index contributed by atoms with van der Waals surface area (Å²) in [5, 5.41) is 34.5. The lowest BCUT2D eigenvalue weighted by Gasteiger charge is -2.14. The third kappa shape index (κ3) is 5.77. The number of carboxylic acid groups (broad SMARTS) is 2. The lowest BCUT2D eigenvalue weighted by Crippen LogP contribution is -2.42. The summed E-state index contributed by atoms with van der Waals surface area (Å²) < 4.78 is 7.98. The molecule has 0 spiro atoms. The molecule has 0 aliphatic carbocycles. The number of aliphatic carboxylic acids is 2. The highest BCUT2D eigenvalue weighted by atomic mass is 16.6. The van der Waals surface area contributed by atoms with Gasteiger partial charge < -0.3 is 29.9 Å². The standard InChI is InChI=1S/C8H10O10/c9-3(10)1-17-7(15)5(13)6(14)8(16)18-2-4(11)12/h5-6,13-14H,1-2H2,(H,9,10)(H,11,12). The Morgan fingerprint density at radius 3 is 1.28 bits per heavy atom. The number of esters is 2. The summed E-state index contributed by atoms with van der Waals surface area (Å²) in [6.45, 7) is -2.13. The number of carboxylic acids is 2. The van der Waals surface area contributed by atoms with E-state index in [9.17, 15) is 19.2 Å². The molecule has 0 aromatic rings. The van der Waals surface area contributed by atoms with E-state index in [1.165, 1.54) is 0 Å². The fourth-order valence-electron chi connectivity index (χ4n) is 0.694. The Kier molecular flexibility index (Phi) is 6.31. The number of rotatable bonds is 7. The van der Waals surface area contributed by atoms with Gasteiger partial charge in [0.25, 0.3) is 0 Å². The van der Waals surface area contributed by atoms with E-state index in [0.29, 0.717) is 0 Å². The largest absolute Gasteiger partial charge is 0.479 e. The molecule has 0 rings (SSSR count). The molecule has 2 atom stereocenters. The number of aliphatic hydroxyl groups is 2. The van der Waals surface area contributed by atoms with E-state index in [-0.39, 0.29) is 0 Å². The van der Waals surface area contributed by atoms with Crippen LogP contribution in [-0.2, 0) is 28.7 Å². The SMILES string of the molecule is O=C(O)COC(=O)C(O)C(O)C(=O)OCC(=O)O. The van der Waals surface area contributed by atoms with Crippen molar-refractivity contribution in [3.05, 3.63) is 0 Å². The molecule has 10 nitrogen and oxygen atoms in total. The van der Waals surface area contributed by atoms with E-state index < -0.39 is 49.3 Å². The lowest BCUT2D eigenvalue weighted by molar-refractivity contribution is -0.176. The zero-order valence-electron chi connectivity index (χ0n) is 8.81. The van der Waals surface area contributed by atoms with Gasteiger partial charge in [0, 0.05) is 0 Å². The molecule has 0 heterocycles. The fourth-order valence-corrected chi connectivity index (χ4v) is 0.694. The first-order chi connectivity index (χ1) is 8.25. The number of aliphatic hydroxyl groups excluding tert-OH is 2. The maximum absolute atomic E-state index is 10.9. The minimum Gasteiger partial charge on any atom is -0.479 e. The van der Waals surface area contributed by atoms with Crippen LogP contribution in [0.4, 0.5) is 0 Å². The Hall–Kier alpha value is -2.20. The highest BCUT2D eigenvalue weighted by Crippen LogP contribution is 2.00. The summed E-state index contributed by atoms with van der Waals surface area (Å²) in [4.78, 5) is 41.9. The van der Waals surface area contributed by atoms with Crippen molar-refractivity contribution in [3.63, 3.8) is 0 Å². The van der Waals surface area contributed by atoms with Crippen LogP contribution in [0.1, 0.15) is 0 Å². The van der Waals surface area contributed by atoms with Crippen LogP contribution in [0.25, 0.3) is 0 Å². The Balaban J connectivity index is 4.26. The van der Waals surface area contributed by atoms with Gasteiger partial charge in [-0.3, -0.25) is 0 Å². The monoisotopic (exact) mass is 266 g/mol. The zero-order chi connectivity index (χ0) is 14.3. The number of ether oxygens (including phenoxy) is 2. The zero-order valence-corrected chi connectivity index (χ0v) is 8.81. The van der Waals surface area contributed by atoms with Crippen molar-refractivity contribution < 1.29 is 49.1 Å². The molecule has 0 aromatic carbocycles. The summed E-state index contributed by atoms with van der Waals surface area (Å²) in [5.74, 6) is -6.12. The van der Waals surface area contributed by atoms with Gasteiger partial charge in [-0.1, -0.05) is 0 Å². The second-order valence-electron chi connectivity index (χ2n) is 2.89. The van der Waals surface area contributed by atoms with E-state index >= 15 is 0 Å². The summed E-state index contributed by atoms with van der Waals surface area (Å²) in [6.07, 6.45) is -4.74. The van der Waals surface area contributed by atoms with E-state index in [0.717, 1.165) is 0 Å². The molecule has 0 aliphatic rings. The van der Waals surface area contributed by atoms with Crippen LogP contribution in [0.3, 0.4) is 0 Å². The van der Waals surface area contributed by atoms with Crippen molar-refractivity contribution in [1.29, 1.82) is 0 Å². The summed E-state index contributed by atoms with van der Waals surface area (Å²) in [7, 11) is 0. The molecule has 0 saturated heterocycles. The van der Waals surface area contributed by atoms with Crippen LogP contribution in [-0.4, -0.2) is 69.7 Å². The lowest BCUT2D eigenvalue weighted by atomic mass is 10.2. The van der Waals surface area contributed by atoms with Crippen molar-refractivity contribution in [1.82, 2.24) is 0 Å². The molecular weight excluding hydrogens is 256 g/mol. The van der Waals surface area contributed by atoms with E-state index in [4.69, 9.17) is 20.4 Å². The molecule has 0 saturated carbocycles. The molecule has 2 unspecified atom stereocenters. The smallest absolute Gasteiger partial charge is 0.341 e. The predicted molar refractivity (Wildman–Crippen MR) is 49.2 cm³/mol. The highest BCUT2D eigenvalue weighted by molar-refractivity contribution is 5.87. The quantitative estimate of drug-likeness (QED) is 0.347. The maximum atomic E-state index is 10.9. The second kappa shape index (κ2) is 7.19. The van der Waals surface area contributed by atoms with Gasteiger partial charge in [-0.05, 0) is 0 Å². The predicted octanol–water partition coefficient (Wildman–Crippen LogP) is -3.04. The average molecular weight is 266 g/mol. The topological polar surface area (TPSA) is 168 Å². The molecule has 0 amide bonds. The van der Waals surface area contributed by atoms with Crippen LogP contribution >= 0.6 is 0 Å². The molecular formula is C8H10O10. The molecule has 0 aliphatic heterocycles. The third-order valence-electron chi connectivity index (χ3n) is 1.46. The minimum atomic E-state index is -2.37. The van der Waals surface area contributed by atoms with Crippen molar-refractivity contribution in [2.24, 2.45) is 0 Å². The van der Waals surface area contributed by atoms with Gasteiger partial charge in [-0.15, -0.1) is 0 Å². The molecule has 4 N–H and O–H groups in total. The number of hydrogen-bond donors (Lipinski definition) is 4. The van der Waals surface area contributed by atoms with Gasteiger partial charge in [0.2, 0.25) is 0 Å². The van der Waals surface area contributed by atoms with Gasteiger partial charge in [-0.25, -0.2) is 19.2 Å². The van der Waals surface area contributed by atoms with Crippen LogP contribution < -0.4 is 0 Å². The van der Waals surface area contributed by atoms with Crippen LogP contribution in [0.5, 0.6) is 0 Å². The van der Waals surface area contributed by atoms with Crippen molar-refractivity contribution in [2.45, 2.75) is 12.2 Å². The number of carbonyl (C=O) groups is 4. The van der Waals surface area contributed by atoms with Crippen molar-refractivity contribution in [3.8, 4) is 0 Å². The van der Waals surface area contributed by atoms with Gasteiger partial charge in [0.05, 0.1) is 0 Å². The van der Waals surface area contributed by atoms with Crippen molar-refractivity contribution in [2.75, 3.05) is 13.2 Å². The molecule has 0 bridgehead atoms. The van der Waals surface area contributed by atoms with E-state index in [2.05, 4.69) is 9.47 Å². The van der Waals surface area contributed by atoms with Gasteiger partial charge in [0.1, 0.15) is 0 Å². The molecule has 18 heavy (non-hydrogen) atoms. The van der Waals surface area contributed by atoms with Crippen LogP contribution in [0, 0.1) is 0 Å². The molecule has 0 fully saturated rings. The Bertz CT molecular complexity index is 314. The Labute approximate surface area is 99.3 Å². The molecule has 102 valence electrons. The molecule has 0 aromatic heterocycles.